The maximum absolute atomic E-state index is 11.0. The van der Waals surface area contributed by atoms with E-state index in [9.17, 15) is 10.4 Å². The first kappa shape index (κ1) is 14.1. The molecule has 0 radical (unpaired) electrons. The van der Waals surface area contributed by atoms with E-state index in [0.29, 0.717) is 13.1 Å². The van der Waals surface area contributed by atoms with Crippen molar-refractivity contribution in [2.75, 3.05) is 31.1 Å². The van der Waals surface area contributed by atoms with E-state index in [1.807, 2.05) is 30.3 Å². The van der Waals surface area contributed by atoms with E-state index in [1.165, 1.54) is 5.01 Å². The van der Waals surface area contributed by atoms with E-state index in [4.69, 9.17) is 0 Å². The molecule has 6 nitrogen and oxygen atoms in total. The van der Waals surface area contributed by atoms with Crippen LogP contribution in [-0.4, -0.2) is 36.2 Å². The fourth-order valence-electron chi connectivity index (χ4n) is 1.82. The first-order valence-electron chi connectivity index (χ1n) is 5.16. The zero-order valence-electron chi connectivity index (χ0n) is 9.82. The Bertz CT molecular complexity index is 366. The molecule has 17 heavy (non-hydrogen) atoms. The van der Waals surface area contributed by atoms with Crippen LogP contribution in [0.2, 0.25) is 0 Å². The second-order valence-electron chi connectivity index (χ2n) is 3.61. The molecular formula is C10H13N4NaO2. The molecule has 86 valence electrons. The molecule has 1 aliphatic heterocycles. The maximum Gasteiger partial charge on any atom is 1.00 e. The summed E-state index contributed by atoms with van der Waals surface area (Å²) in [6.45, 7) is 2.48. The number of rotatable bonds is 2. The molecular weight excluding hydrogens is 231 g/mol. The topological polar surface area (TPSA) is 68.0 Å². The third kappa shape index (κ3) is 3.49. The molecule has 1 aromatic rings. The van der Waals surface area contributed by atoms with Gasteiger partial charge in [0.1, 0.15) is 0 Å². The second kappa shape index (κ2) is 6.68. The fraction of sp³-hybridized carbons (Fsp3) is 0.400. The molecule has 0 atom stereocenters. The third-order valence-corrected chi connectivity index (χ3v) is 2.69. The van der Waals surface area contributed by atoms with Gasteiger partial charge in [0.25, 0.3) is 0 Å². The minimum absolute atomic E-state index is 0. The molecule has 2 rings (SSSR count). The summed E-state index contributed by atoms with van der Waals surface area (Å²) in [6.07, 6.45) is 0. The molecule has 0 saturated carbocycles. The van der Waals surface area contributed by atoms with E-state index in [2.05, 4.69) is 10.2 Å². The first-order valence-corrected chi connectivity index (χ1v) is 5.16. The summed E-state index contributed by atoms with van der Waals surface area (Å²) < 4.78 is 0. The van der Waals surface area contributed by atoms with Crippen LogP contribution >= 0.6 is 0 Å². The second-order valence-corrected chi connectivity index (χ2v) is 3.61. The van der Waals surface area contributed by atoms with Gasteiger partial charge >= 0.3 is 29.6 Å². The molecule has 1 aliphatic rings. The third-order valence-electron chi connectivity index (χ3n) is 2.69. The summed E-state index contributed by atoms with van der Waals surface area (Å²) in [6, 6.07) is 9.99. The number of hydrogen-bond acceptors (Lipinski definition) is 4. The van der Waals surface area contributed by atoms with Gasteiger partial charge in [0, 0.05) is 23.7 Å². The van der Waals surface area contributed by atoms with Crippen LogP contribution in [0, 0.1) is 10.4 Å². The van der Waals surface area contributed by atoms with Crippen LogP contribution in [0.4, 0.5) is 5.69 Å². The number of anilines is 1. The van der Waals surface area contributed by atoms with Crippen molar-refractivity contribution in [1.82, 2.24) is 5.01 Å². The van der Waals surface area contributed by atoms with E-state index < -0.39 is 0 Å². The molecule has 0 spiro atoms. The van der Waals surface area contributed by atoms with Crippen LogP contribution in [0.25, 0.3) is 0 Å². The van der Waals surface area contributed by atoms with Crippen LogP contribution in [0.1, 0.15) is 0 Å². The minimum atomic E-state index is 0. The SMILES string of the molecule is [Na+].[O-]/N=[N+](\[O-])N1CCN(c2ccccc2)CC1. The predicted octanol–water partition coefficient (Wildman–Crippen LogP) is -1.81. The molecule has 1 fully saturated rings. The van der Waals surface area contributed by atoms with E-state index in [0.717, 1.165) is 18.8 Å². The van der Waals surface area contributed by atoms with Gasteiger partial charge in [-0.1, -0.05) is 18.2 Å². The number of benzene rings is 1. The van der Waals surface area contributed by atoms with Gasteiger partial charge < -0.3 is 15.3 Å². The van der Waals surface area contributed by atoms with Crippen LogP contribution in [0.15, 0.2) is 35.6 Å². The van der Waals surface area contributed by atoms with E-state index in [-0.39, 0.29) is 34.5 Å². The number of piperazine rings is 1. The van der Waals surface area contributed by atoms with E-state index >= 15 is 0 Å². The van der Waals surface area contributed by atoms with Crippen molar-refractivity contribution < 1.29 is 34.5 Å². The molecule has 1 saturated heterocycles. The Labute approximate surface area is 122 Å². The maximum atomic E-state index is 11.0. The Kier molecular flexibility index (Phi) is 5.54. The van der Waals surface area contributed by atoms with Crippen LogP contribution < -0.4 is 34.5 Å². The Balaban J connectivity index is 0.00000144. The van der Waals surface area contributed by atoms with Gasteiger partial charge in [0.05, 0.1) is 13.1 Å². The molecule has 0 amide bonds. The van der Waals surface area contributed by atoms with Gasteiger partial charge in [-0.05, 0) is 17.4 Å². The number of hydrogen-bond donors (Lipinski definition) is 0. The first-order chi connectivity index (χ1) is 7.81. The van der Waals surface area contributed by atoms with E-state index in [1.54, 1.807) is 0 Å². The van der Waals surface area contributed by atoms with Gasteiger partial charge in [-0.2, -0.15) is 0 Å². The smallest absolute Gasteiger partial charge is 0.737 e. The standard InChI is InChI=1S/C10H14N4O2.Na/c15-11-14(16)13-8-6-12(7-9-13)10-4-2-1-3-5-10;/h1-5,15H,6-9H2;/q;+1/p-1/b14-11-;. The number of nitrogens with zero attached hydrogens (tertiary/aromatic N) is 4. The molecule has 0 aromatic heterocycles. The van der Waals surface area contributed by atoms with Crippen molar-refractivity contribution in [1.29, 1.82) is 0 Å². The van der Waals surface area contributed by atoms with Gasteiger partial charge in [-0.25, -0.2) is 0 Å². The summed E-state index contributed by atoms with van der Waals surface area (Å²) in [5, 5.41) is 24.8. The Morgan fingerprint density at radius 2 is 1.65 bits per heavy atom. The molecule has 1 heterocycles. The van der Waals surface area contributed by atoms with Crippen molar-refractivity contribution >= 4 is 5.69 Å². The molecule has 0 unspecified atom stereocenters. The average Bonchev–Trinajstić information content (AvgIpc) is 2.39. The Hall–Kier alpha value is -0.980. The van der Waals surface area contributed by atoms with Crippen molar-refractivity contribution in [3.05, 3.63) is 40.7 Å². The van der Waals surface area contributed by atoms with Gasteiger partial charge in [-0.3, -0.25) is 0 Å². The summed E-state index contributed by atoms with van der Waals surface area (Å²) >= 11 is 0. The normalized spacial score (nSPS) is 16.6. The number of para-hydroxylation sites is 1. The van der Waals surface area contributed by atoms with Crippen LogP contribution in [0.5, 0.6) is 0 Å². The molecule has 7 heteroatoms. The van der Waals surface area contributed by atoms with Gasteiger partial charge in [0.2, 0.25) is 0 Å². The zero-order valence-corrected chi connectivity index (χ0v) is 11.8. The summed E-state index contributed by atoms with van der Waals surface area (Å²) in [4.78, 5) is 2.30. The zero-order chi connectivity index (χ0) is 11.4. The average molecular weight is 244 g/mol. The van der Waals surface area contributed by atoms with Crippen LogP contribution in [0.3, 0.4) is 0 Å². The molecule has 0 aliphatic carbocycles. The fourth-order valence-corrected chi connectivity index (χ4v) is 1.82. The van der Waals surface area contributed by atoms with Crippen molar-refractivity contribution in [2.24, 2.45) is 5.28 Å². The van der Waals surface area contributed by atoms with Crippen molar-refractivity contribution in [3.8, 4) is 0 Å². The minimum Gasteiger partial charge on any atom is -0.737 e. The monoisotopic (exact) mass is 244 g/mol. The van der Waals surface area contributed by atoms with Crippen molar-refractivity contribution in [3.63, 3.8) is 0 Å². The predicted molar refractivity (Wildman–Crippen MR) is 59.7 cm³/mol. The largest absolute Gasteiger partial charge is 1.00 e. The molecule has 0 bridgehead atoms. The Morgan fingerprint density at radius 1 is 1.06 bits per heavy atom. The van der Waals surface area contributed by atoms with Gasteiger partial charge in [-0.15, -0.1) is 5.01 Å². The van der Waals surface area contributed by atoms with Crippen LogP contribution in [-0.2, 0) is 0 Å². The quantitative estimate of drug-likeness (QED) is 0.266. The Morgan fingerprint density at radius 3 is 2.18 bits per heavy atom. The molecule has 1 aromatic carbocycles. The summed E-state index contributed by atoms with van der Waals surface area (Å²) in [7, 11) is 0. The summed E-state index contributed by atoms with van der Waals surface area (Å²) in [5.41, 5.74) is 1.14. The summed E-state index contributed by atoms with van der Waals surface area (Å²) in [5.74, 6) is 0. The number of hydrazine groups is 1. The van der Waals surface area contributed by atoms with Crippen molar-refractivity contribution in [2.45, 2.75) is 0 Å². The molecule has 0 N–H and O–H groups in total. The van der Waals surface area contributed by atoms with Gasteiger partial charge in [0.15, 0.2) is 0 Å².